The lowest BCUT2D eigenvalue weighted by molar-refractivity contribution is -0.141. The van der Waals surface area contributed by atoms with Crippen molar-refractivity contribution in [3.8, 4) is 0 Å². The molecule has 1 aromatic carbocycles. The van der Waals surface area contributed by atoms with Crippen molar-refractivity contribution in [2.75, 3.05) is 20.1 Å². The third kappa shape index (κ3) is 4.15. The summed E-state index contributed by atoms with van der Waals surface area (Å²) in [5.41, 5.74) is 1.25. The number of amides is 2. The largest absolute Gasteiger partial charge is 0.388 e. The van der Waals surface area contributed by atoms with Gasteiger partial charge in [0.15, 0.2) is 0 Å². The smallest absolute Gasteiger partial charge is 0.227 e. The second kappa shape index (κ2) is 6.93. The van der Waals surface area contributed by atoms with Gasteiger partial charge in [-0.3, -0.25) is 9.59 Å². The molecule has 0 bridgehead atoms. The summed E-state index contributed by atoms with van der Waals surface area (Å²) < 4.78 is 0. The number of piperidine rings is 1. The van der Waals surface area contributed by atoms with Crippen molar-refractivity contribution in [3.05, 3.63) is 35.4 Å². The molecular formula is C19H26N2O3. The molecule has 2 amide bonds. The number of nitrogens with zero attached hydrogens (tertiary/aromatic N) is 1. The van der Waals surface area contributed by atoms with Gasteiger partial charge in [0.1, 0.15) is 0 Å². The van der Waals surface area contributed by atoms with Gasteiger partial charge in [0.05, 0.1) is 18.4 Å². The minimum atomic E-state index is -1.11. The number of carbonyl (C=O) groups is 2. The van der Waals surface area contributed by atoms with Crippen molar-refractivity contribution >= 4 is 11.8 Å². The summed E-state index contributed by atoms with van der Waals surface area (Å²) >= 11 is 0. The molecule has 3 rings (SSSR count). The molecule has 1 aliphatic heterocycles. The molecule has 0 spiro atoms. The van der Waals surface area contributed by atoms with Gasteiger partial charge < -0.3 is 15.3 Å². The third-order valence-corrected chi connectivity index (χ3v) is 5.03. The highest BCUT2D eigenvalue weighted by Crippen LogP contribution is 2.40. The van der Waals surface area contributed by atoms with E-state index in [-0.39, 0.29) is 24.8 Å². The van der Waals surface area contributed by atoms with Gasteiger partial charge in [0, 0.05) is 20.1 Å². The molecule has 1 unspecified atom stereocenters. The molecule has 5 heteroatoms. The maximum atomic E-state index is 12.6. The number of carbonyl (C=O) groups excluding carboxylic acids is 2. The Morgan fingerprint density at radius 3 is 2.88 bits per heavy atom. The minimum Gasteiger partial charge on any atom is -0.388 e. The van der Waals surface area contributed by atoms with Gasteiger partial charge in [-0.15, -0.1) is 0 Å². The first-order valence-electron chi connectivity index (χ1n) is 8.79. The molecule has 1 aromatic rings. The summed E-state index contributed by atoms with van der Waals surface area (Å²) in [4.78, 5) is 25.9. The maximum Gasteiger partial charge on any atom is 0.227 e. The zero-order chi connectivity index (χ0) is 17.2. The maximum absolute atomic E-state index is 12.6. The van der Waals surface area contributed by atoms with Crippen LogP contribution in [-0.2, 0) is 16.0 Å². The first-order valence-corrected chi connectivity index (χ1v) is 8.79. The van der Waals surface area contributed by atoms with Crippen molar-refractivity contribution in [2.24, 2.45) is 0 Å². The monoisotopic (exact) mass is 330 g/mol. The Bertz CT molecular complexity index is 627. The summed E-state index contributed by atoms with van der Waals surface area (Å²) in [6, 6.07) is 8.28. The number of benzene rings is 1. The topological polar surface area (TPSA) is 69.6 Å². The zero-order valence-electron chi connectivity index (χ0n) is 14.3. The van der Waals surface area contributed by atoms with Gasteiger partial charge in [0.2, 0.25) is 11.8 Å². The second-order valence-corrected chi connectivity index (χ2v) is 7.19. The van der Waals surface area contributed by atoms with Gasteiger partial charge in [-0.25, -0.2) is 0 Å². The standard InChI is InChI=1S/C19H26N2O3/c1-20-17(22)12-19(24)8-3-9-21(13-19)18(23)11-14-4-2-5-16(10-14)15-6-7-15/h2,4-5,10,15,24H,3,6-9,11-13H2,1H3,(H,20,22). The van der Waals surface area contributed by atoms with Crippen LogP contribution in [0.15, 0.2) is 24.3 Å². The third-order valence-electron chi connectivity index (χ3n) is 5.03. The lowest BCUT2D eigenvalue weighted by Gasteiger charge is -2.39. The average molecular weight is 330 g/mol. The summed E-state index contributed by atoms with van der Waals surface area (Å²) in [6.07, 6.45) is 4.18. The summed E-state index contributed by atoms with van der Waals surface area (Å²) in [7, 11) is 1.56. The molecule has 1 saturated carbocycles. The molecule has 0 aromatic heterocycles. The second-order valence-electron chi connectivity index (χ2n) is 7.19. The van der Waals surface area contributed by atoms with Crippen LogP contribution in [0.2, 0.25) is 0 Å². The number of hydrogen-bond donors (Lipinski definition) is 2. The van der Waals surface area contributed by atoms with E-state index in [0.29, 0.717) is 25.3 Å². The summed E-state index contributed by atoms with van der Waals surface area (Å²) in [5, 5.41) is 13.2. The molecule has 24 heavy (non-hydrogen) atoms. The molecule has 130 valence electrons. The predicted molar refractivity (Wildman–Crippen MR) is 91.6 cm³/mol. The van der Waals surface area contributed by atoms with Crippen LogP contribution in [0.25, 0.3) is 0 Å². The molecule has 1 saturated heterocycles. The number of β-amino-alcohol motifs (C(OH)–C–C–N with tert-alkyl or cyclic N) is 1. The lowest BCUT2D eigenvalue weighted by atomic mass is 9.89. The van der Waals surface area contributed by atoms with Gasteiger partial charge in [-0.05, 0) is 42.7 Å². The minimum absolute atomic E-state index is 0.0259. The Balaban J connectivity index is 1.62. The van der Waals surface area contributed by atoms with Gasteiger partial charge in [-0.2, -0.15) is 0 Å². The number of likely N-dealkylation sites (tertiary alicyclic amines) is 1. The quantitative estimate of drug-likeness (QED) is 0.861. The van der Waals surface area contributed by atoms with Crippen LogP contribution in [0, 0.1) is 0 Å². The van der Waals surface area contributed by atoms with Crippen LogP contribution in [-0.4, -0.2) is 47.6 Å². The first-order chi connectivity index (χ1) is 11.5. The Hall–Kier alpha value is -1.88. The fourth-order valence-corrected chi connectivity index (χ4v) is 3.52. The molecule has 2 N–H and O–H groups in total. The fraction of sp³-hybridized carbons (Fsp3) is 0.579. The number of aliphatic hydroxyl groups is 1. The molecule has 2 aliphatic rings. The molecular weight excluding hydrogens is 304 g/mol. The van der Waals surface area contributed by atoms with E-state index in [1.807, 2.05) is 12.1 Å². The highest BCUT2D eigenvalue weighted by atomic mass is 16.3. The number of rotatable bonds is 5. The van der Waals surface area contributed by atoms with E-state index in [2.05, 4.69) is 17.4 Å². The van der Waals surface area contributed by atoms with Crippen molar-refractivity contribution in [2.45, 2.75) is 50.0 Å². The molecule has 1 aliphatic carbocycles. The van der Waals surface area contributed by atoms with Crippen LogP contribution >= 0.6 is 0 Å². The van der Waals surface area contributed by atoms with E-state index in [9.17, 15) is 14.7 Å². The molecule has 2 fully saturated rings. The Kier molecular flexibility index (Phi) is 4.90. The zero-order valence-corrected chi connectivity index (χ0v) is 14.3. The van der Waals surface area contributed by atoms with Crippen LogP contribution in [0.5, 0.6) is 0 Å². The Labute approximate surface area is 143 Å². The Morgan fingerprint density at radius 2 is 2.17 bits per heavy atom. The number of nitrogens with one attached hydrogen (secondary N) is 1. The van der Waals surface area contributed by atoms with Gasteiger partial charge in [-0.1, -0.05) is 24.3 Å². The van der Waals surface area contributed by atoms with Crippen molar-refractivity contribution in [1.82, 2.24) is 10.2 Å². The normalized spacial score (nSPS) is 23.8. The molecule has 1 atom stereocenters. The molecule has 1 heterocycles. The first kappa shape index (κ1) is 17.0. The van der Waals surface area contributed by atoms with Crippen molar-refractivity contribution in [3.63, 3.8) is 0 Å². The average Bonchev–Trinajstić information content (AvgIpc) is 3.39. The van der Waals surface area contributed by atoms with Crippen LogP contribution < -0.4 is 5.32 Å². The predicted octanol–water partition coefficient (Wildman–Crippen LogP) is 1.60. The summed E-state index contributed by atoms with van der Waals surface area (Å²) in [6.45, 7) is 0.888. The van der Waals surface area contributed by atoms with E-state index in [0.717, 1.165) is 12.0 Å². The van der Waals surface area contributed by atoms with E-state index in [4.69, 9.17) is 0 Å². The fourth-order valence-electron chi connectivity index (χ4n) is 3.52. The highest BCUT2D eigenvalue weighted by Gasteiger charge is 2.36. The summed E-state index contributed by atoms with van der Waals surface area (Å²) in [5.74, 6) is 0.509. The van der Waals surface area contributed by atoms with E-state index in [1.165, 1.54) is 18.4 Å². The SMILES string of the molecule is CNC(=O)CC1(O)CCCN(C(=O)Cc2cccc(C3CC3)c2)C1. The number of hydrogen-bond acceptors (Lipinski definition) is 3. The lowest BCUT2D eigenvalue weighted by Crippen LogP contribution is -2.52. The van der Waals surface area contributed by atoms with E-state index >= 15 is 0 Å². The van der Waals surface area contributed by atoms with Crippen LogP contribution in [0.3, 0.4) is 0 Å². The van der Waals surface area contributed by atoms with Crippen LogP contribution in [0.4, 0.5) is 0 Å². The van der Waals surface area contributed by atoms with E-state index in [1.54, 1.807) is 11.9 Å². The highest BCUT2D eigenvalue weighted by molar-refractivity contribution is 5.80. The Morgan fingerprint density at radius 1 is 1.38 bits per heavy atom. The van der Waals surface area contributed by atoms with Crippen molar-refractivity contribution < 1.29 is 14.7 Å². The van der Waals surface area contributed by atoms with Crippen LogP contribution in [0.1, 0.15) is 49.1 Å². The van der Waals surface area contributed by atoms with E-state index < -0.39 is 5.60 Å². The molecule has 0 radical (unpaired) electrons. The van der Waals surface area contributed by atoms with Gasteiger partial charge >= 0.3 is 0 Å². The van der Waals surface area contributed by atoms with Gasteiger partial charge in [0.25, 0.3) is 0 Å². The molecule has 5 nitrogen and oxygen atoms in total. The van der Waals surface area contributed by atoms with Crippen molar-refractivity contribution in [1.29, 1.82) is 0 Å².